The topological polar surface area (TPSA) is 0 Å². The van der Waals surface area contributed by atoms with Crippen molar-refractivity contribution in [1.82, 2.24) is 0 Å². The highest BCUT2D eigenvalue weighted by Gasteiger charge is 2.36. The second-order valence-electron chi connectivity index (χ2n) is 2.54. The average molecular weight is 192 g/mol. The van der Waals surface area contributed by atoms with Crippen LogP contribution in [0.4, 0.5) is 13.2 Å². The molecular weight excluding hydrogens is 177 g/mol. The maximum Gasteiger partial charge on any atom is 0.395 e. The zero-order valence-corrected chi connectivity index (χ0v) is 7.93. The molecule has 1 aliphatic rings. The summed E-state index contributed by atoms with van der Waals surface area (Å²) in [6.45, 7) is 4.00. The van der Waals surface area contributed by atoms with Crippen LogP contribution in [0.5, 0.6) is 0 Å². The number of alkyl halides is 3. The Kier molecular flexibility index (Phi) is 5.51. The molecule has 1 rings (SSSR count). The maximum absolute atomic E-state index is 12.0. The van der Waals surface area contributed by atoms with Gasteiger partial charge >= 0.3 is 6.18 Å². The summed E-state index contributed by atoms with van der Waals surface area (Å²) >= 11 is 0. The van der Waals surface area contributed by atoms with Gasteiger partial charge in [0.05, 0.1) is 5.92 Å². The predicted octanol–water partition coefficient (Wildman–Crippen LogP) is 4.10. The molecule has 0 heterocycles. The van der Waals surface area contributed by atoms with Gasteiger partial charge in [-0.1, -0.05) is 38.2 Å². The van der Waals surface area contributed by atoms with E-state index < -0.39 is 12.1 Å². The van der Waals surface area contributed by atoms with Gasteiger partial charge < -0.3 is 0 Å². The molecule has 3 heteroatoms. The first kappa shape index (κ1) is 12.3. The second-order valence-corrected chi connectivity index (χ2v) is 2.54. The first-order chi connectivity index (χ1) is 6.11. The van der Waals surface area contributed by atoms with Crippen molar-refractivity contribution in [3.63, 3.8) is 0 Å². The van der Waals surface area contributed by atoms with Crippen LogP contribution in [-0.2, 0) is 0 Å². The van der Waals surface area contributed by atoms with Gasteiger partial charge in [-0.25, -0.2) is 0 Å². The van der Waals surface area contributed by atoms with Gasteiger partial charge in [0.1, 0.15) is 0 Å². The molecular formula is C10H15F3. The smallest absolute Gasteiger partial charge is 0.170 e. The number of rotatable bonds is 0. The third-order valence-electron chi connectivity index (χ3n) is 1.66. The molecule has 76 valence electrons. The Morgan fingerprint density at radius 1 is 1.15 bits per heavy atom. The van der Waals surface area contributed by atoms with Crippen LogP contribution >= 0.6 is 0 Å². The van der Waals surface area contributed by atoms with E-state index in [1.807, 2.05) is 13.8 Å². The Morgan fingerprint density at radius 2 is 1.77 bits per heavy atom. The van der Waals surface area contributed by atoms with Gasteiger partial charge in [-0.05, 0) is 12.8 Å². The first-order valence-corrected chi connectivity index (χ1v) is 4.51. The van der Waals surface area contributed by atoms with E-state index >= 15 is 0 Å². The Balaban J connectivity index is 0.000000671. The number of halogens is 3. The fourth-order valence-corrected chi connectivity index (χ4v) is 1.02. The molecule has 0 spiro atoms. The van der Waals surface area contributed by atoms with Gasteiger partial charge in [-0.2, -0.15) is 13.2 Å². The Labute approximate surface area is 77.1 Å². The predicted molar refractivity (Wildman–Crippen MR) is 48.4 cm³/mol. The van der Waals surface area contributed by atoms with E-state index in [1.165, 1.54) is 12.2 Å². The highest BCUT2D eigenvalue weighted by molar-refractivity contribution is 5.08. The molecule has 0 saturated heterocycles. The van der Waals surface area contributed by atoms with Crippen molar-refractivity contribution in [2.45, 2.75) is 32.9 Å². The molecule has 0 fully saturated rings. The Hall–Kier alpha value is -0.730. The van der Waals surface area contributed by atoms with Crippen molar-refractivity contribution in [1.29, 1.82) is 0 Å². The summed E-state index contributed by atoms with van der Waals surface area (Å²) in [7, 11) is 0. The van der Waals surface area contributed by atoms with Crippen molar-refractivity contribution < 1.29 is 13.2 Å². The molecule has 0 aromatic rings. The maximum atomic E-state index is 12.0. The minimum absolute atomic E-state index is 0.177. The standard InChI is InChI=1S/C8H9F3.C2H6/c9-8(10,11)7-5-3-1-2-4-6-7;1-2/h1-3,5,7H,4,6H2;1-2H3. The average Bonchev–Trinajstić information content (AvgIpc) is 2.34. The van der Waals surface area contributed by atoms with Crippen molar-refractivity contribution in [2.24, 2.45) is 5.92 Å². The van der Waals surface area contributed by atoms with Crippen molar-refractivity contribution in [2.75, 3.05) is 0 Å². The van der Waals surface area contributed by atoms with Crippen LogP contribution in [0.15, 0.2) is 24.3 Å². The summed E-state index contributed by atoms with van der Waals surface area (Å²) in [5.41, 5.74) is 0. The van der Waals surface area contributed by atoms with Crippen LogP contribution in [0.25, 0.3) is 0 Å². The molecule has 0 bridgehead atoms. The van der Waals surface area contributed by atoms with Crippen LogP contribution in [-0.4, -0.2) is 6.18 Å². The van der Waals surface area contributed by atoms with E-state index in [1.54, 1.807) is 12.2 Å². The fourth-order valence-electron chi connectivity index (χ4n) is 1.02. The van der Waals surface area contributed by atoms with Gasteiger partial charge in [0, 0.05) is 0 Å². The van der Waals surface area contributed by atoms with Crippen molar-refractivity contribution in [3.05, 3.63) is 24.3 Å². The zero-order valence-electron chi connectivity index (χ0n) is 7.93. The normalized spacial score (nSPS) is 21.8. The molecule has 0 radical (unpaired) electrons. The van der Waals surface area contributed by atoms with E-state index in [2.05, 4.69) is 0 Å². The molecule has 0 aliphatic heterocycles. The highest BCUT2D eigenvalue weighted by atomic mass is 19.4. The zero-order chi connectivity index (χ0) is 10.3. The van der Waals surface area contributed by atoms with E-state index in [0.29, 0.717) is 6.42 Å². The highest BCUT2D eigenvalue weighted by Crippen LogP contribution is 2.31. The largest absolute Gasteiger partial charge is 0.395 e. The van der Waals surface area contributed by atoms with E-state index in [4.69, 9.17) is 0 Å². The summed E-state index contributed by atoms with van der Waals surface area (Å²) in [5.74, 6) is -1.25. The number of hydrogen-bond donors (Lipinski definition) is 0. The molecule has 0 saturated carbocycles. The SMILES string of the molecule is CC.FC(F)(F)C1C=CC=CCC1. The van der Waals surface area contributed by atoms with Gasteiger partial charge in [0.15, 0.2) is 0 Å². The van der Waals surface area contributed by atoms with Gasteiger partial charge in [0.25, 0.3) is 0 Å². The lowest BCUT2D eigenvalue weighted by molar-refractivity contribution is -0.162. The third kappa shape index (κ3) is 4.76. The molecule has 0 amide bonds. The summed E-state index contributed by atoms with van der Waals surface area (Å²) in [4.78, 5) is 0. The molecule has 0 aromatic carbocycles. The molecule has 0 aromatic heterocycles. The lowest BCUT2D eigenvalue weighted by atomic mass is 10.0. The molecule has 13 heavy (non-hydrogen) atoms. The van der Waals surface area contributed by atoms with Crippen molar-refractivity contribution >= 4 is 0 Å². The number of allylic oxidation sites excluding steroid dienone is 4. The Bertz CT molecular complexity index is 177. The molecule has 1 aliphatic carbocycles. The second kappa shape index (κ2) is 5.84. The molecule has 1 atom stereocenters. The van der Waals surface area contributed by atoms with Crippen LogP contribution in [0.1, 0.15) is 26.7 Å². The van der Waals surface area contributed by atoms with Gasteiger partial charge in [-0.15, -0.1) is 0 Å². The Morgan fingerprint density at radius 3 is 2.31 bits per heavy atom. The molecule has 1 unspecified atom stereocenters. The lowest BCUT2D eigenvalue weighted by Crippen LogP contribution is -2.20. The van der Waals surface area contributed by atoms with E-state index in [-0.39, 0.29) is 6.42 Å². The van der Waals surface area contributed by atoms with Crippen LogP contribution in [0, 0.1) is 5.92 Å². The quantitative estimate of drug-likeness (QED) is 0.542. The van der Waals surface area contributed by atoms with E-state index in [0.717, 1.165) is 0 Å². The molecule has 0 N–H and O–H groups in total. The fraction of sp³-hybridized carbons (Fsp3) is 0.600. The van der Waals surface area contributed by atoms with E-state index in [9.17, 15) is 13.2 Å². The lowest BCUT2D eigenvalue weighted by Gasteiger charge is -2.14. The van der Waals surface area contributed by atoms with Gasteiger partial charge in [-0.3, -0.25) is 0 Å². The minimum atomic E-state index is -4.07. The minimum Gasteiger partial charge on any atom is -0.170 e. The summed E-state index contributed by atoms with van der Waals surface area (Å²) < 4.78 is 36.1. The summed E-state index contributed by atoms with van der Waals surface area (Å²) in [6.07, 6.45) is 2.71. The van der Waals surface area contributed by atoms with Crippen LogP contribution in [0.2, 0.25) is 0 Å². The third-order valence-corrected chi connectivity index (χ3v) is 1.66. The number of hydrogen-bond acceptors (Lipinski definition) is 0. The van der Waals surface area contributed by atoms with Crippen molar-refractivity contribution in [3.8, 4) is 0 Å². The monoisotopic (exact) mass is 192 g/mol. The first-order valence-electron chi connectivity index (χ1n) is 4.51. The summed E-state index contributed by atoms with van der Waals surface area (Å²) in [5, 5.41) is 0. The summed E-state index contributed by atoms with van der Waals surface area (Å²) in [6, 6.07) is 0. The van der Waals surface area contributed by atoms with Gasteiger partial charge in [0.2, 0.25) is 0 Å². The van der Waals surface area contributed by atoms with Crippen LogP contribution < -0.4 is 0 Å². The van der Waals surface area contributed by atoms with Crippen LogP contribution in [0.3, 0.4) is 0 Å². The molecule has 0 nitrogen and oxygen atoms in total.